The Bertz CT molecular complexity index is 1150. The number of aromatic nitrogens is 1. The molecule has 5 heteroatoms. The van der Waals surface area contributed by atoms with Gasteiger partial charge in [0.05, 0.1) is 0 Å². The van der Waals surface area contributed by atoms with E-state index in [-0.39, 0.29) is 5.91 Å². The van der Waals surface area contributed by atoms with Crippen LogP contribution in [0.4, 0.5) is 5.69 Å². The molecule has 1 heterocycles. The second kappa shape index (κ2) is 7.49. The normalized spacial score (nSPS) is 11.0. The second-order valence-electron chi connectivity index (χ2n) is 6.87. The Morgan fingerprint density at radius 3 is 2.46 bits per heavy atom. The smallest absolute Gasteiger partial charge is 0.255 e. The lowest BCUT2D eigenvalue weighted by Gasteiger charge is -2.06. The first-order valence-electron chi connectivity index (χ1n) is 9.00. The van der Waals surface area contributed by atoms with Crippen molar-refractivity contribution < 1.29 is 9.21 Å². The van der Waals surface area contributed by atoms with E-state index in [4.69, 9.17) is 16.0 Å². The zero-order valence-corrected chi connectivity index (χ0v) is 16.4. The molecule has 4 aromatic rings. The van der Waals surface area contributed by atoms with E-state index in [0.717, 1.165) is 27.9 Å². The minimum absolute atomic E-state index is 0.172. The minimum Gasteiger partial charge on any atom is -0.440 e. The standard InChI is InChI=1S/C23H19ClN2O2/c1-14-11-15(2)22-20(12-14)26-21(28-22)13-16-3-9-19(10-4-16)25-23(27)17-5-7-18(24)8-6-17/h3-12H,13H2,1-2H3,(H,25,27). The molecule has 0 aliphatic heterocycles. The molecule has 0 aliphatic rings. The summed E-state index contributed by atoms with van der Waals surface area (Å²) in [6.07, 6.45) is 0.596. The van der Waals surface area contributed by atoms with E-state index >= 15 is 0 Å². The lowest BCUT2D eigenvalue weighted by atomic mass is 10.1. The van der Waals surface area contributed by atoms with Crippen LogP contribution < -0.4 is 5.32 Å². The Kier molecular flexibility index (Phi) is 4.88. The van der Waals surface area contributed by atoms with Gasteiger partial charge in [-0.1, -0.05) is 29.8 Å². The largest absolute Gasteiger partial charge is 0.440 e. The van der Waals surface area contributed by atoms with E-state index < -0.39 is 0 Å². The van der Waals surface area contributed by atoms with Gasteiger partial charge in [0.2, 0.25) is 0 Å². The number of nitrogens with one attached hydrogen (secondary N) is 1. The molecule has 0 spiro atoms. The van der Waals surface area contributed by atoms with E-state index in [1.165, 1.54) is 5.56 Å². The van der Waals surface area contributed by atoms with Crippen molar-refractivity contribution in [1.82, 2.24) is 4.98 Å². The van der Waals surface area contributed by atoms with Crippen LogP contribution in [0.25, 0.3) is 11.1 Å². The highest BCUT2D eigenvalue weighted by atomic mass is 35.5. The number of carbonyl (C=O) groups is 1. The Morgan fingerprint density at radius 1 is 1.04 bits per heavy atom. The Hall–Kier alpha value is -3.11. The predicted octanol–water partition coefficient (Wildman–Crippen LogP) is 5.94. The zero-order chi connectivity index (χ0) is 19.7. The molecule has 0 atom stereocenters. The molecule has 0 saturated carbocycles. The lowest BCUT2D eigenvalue weighted by molar-refractivity contribution is 0.102. The molecular formula is C23H19ClN2O2. The number of amides is 1. The lowest BCUT2D eigenvalue weighted by Crippen LogP contribution is -2.11. The zero-order valence-electron chi connectivity index (χ0n) is 15.6. The minimum atomic E-state index is -0.172. The number of halogens is 1. The van der Waals surface area contributed by atoms with Gasteiger partial charge in [-0.15, -0.1) is 0 Å². The van der Waals surface area contributed by atoms with Gasteiger partial charge in [-0.05, 0) is 73.0 Å². The maximum absolute atomic E-state index is 12.3. The molecule has 1 aromatic heterocycles. The van der Waals surface area contributed by atoms with Crippen molar-refractivity contribution in [3.63, 3.8) is 0 Å². The molecule has 0 aliphatic carbocycles. The third-order valence-corrected chi connectivity index (χ3v) is 4.79. The number of aryl methyl sites for hydroxylation is 2. The number of hydrogen-bond donors (Lipinski definition) is 1. The summed E-state index contributed by atoms with van der Waals surface area (Å²) < 4.78 is 5.93. The SMILES string of the molecule is Cc1cc(C)c2oc(Cc3ccc(NC(=O)c4ccc(Cl)cc4)cc3)nc2c1. The van der Waals surface area contributed by atoms with Crippen molar-refractivity contribution in [2.24, 2.45) is 0 Å². The van der Waals surface area contributed by atoms with Gasteiger partial charge in [0.1, 0.15) is 5.52 Å². The molecule has 28 heavy (non-hydrogen) atoms. The van der Waals surface area contributed by atoms with Gasteiger partial charge in [0.15, 0.2) is 11.5 Å². The van der Waals surface area contributed by atoms with Gasteiger partial charge in [0, 0.05) is 22.7 Å². The summed E-state index contributed by atoms with van der Waals surface area (Å²) in [5.41, 5.74) is 6.34. The first-order valence-corrected chi connectivity index (χ1v) is 9.38. The summed E-state index contributed by atoms with van der Waals surface area (Å²) >= 11 is 5.86. The number of benzene rings is 3. The quantitative estimate of drug-likeness (QED) is 0.469. The van der Waals surface area contributed by atoms with Crippen LogP contribution >= 0.6 is 11.6 Å². The van der Waals surface area contributed by atoms with Crippen molar-refractivity contribution in [3.05, 3.63) is 93.8 Å². The number of hydrogen-bond acceptors (Lipinski definition) is 3. The number of carbonyl (C=O) groups excluding carboxylic acids is 1. The van der Waals surface area contributed by atoms with Crippen LogP contribution in [0.2, 0.25) is 5.02 Å². The van der Waals surface area contributed by atoms with Crippen LogP contribution in [0.1, 0.15) is 32.9 Å². The van der Waals surface area contributed by atoms with Gasteiger partial charge >= 0.3 is 0 Å². The van der Waals surface area contributed by atoms with Gasteiger partial charge in [-0.2, -0.15) is 0 Å². The Balaban J connectivity index is 1.47. The molecule has 0 fully saturated rings. The number of anilines is 1. The molecule has 0 radical (unpaired) electrons. The van der Waals surface area contributed by atoms with Crippen molar-refractivity contribution in [1.29, 1.82) is 0 Å². The fourth-order valence-corrected chi connectivity index (χ4v) is 3.31. The molecule has 4 rings (SSSR count). The fraction of sp³-hybridized carbons (Fsp3) is 0.130. The van der Waals surface area contributed by atoms with Crippen LogP contribution in [-0.4, -0.2) is 10.9 Å². The van der Waals surface area contributed by atoms with Crippen LogP contribution in [0.3, 0.4) is 0 Å². The molecule has 1 N–H and O–H groups in total. The van der Waals surface area contributed by atoms with Crippen molar-refractivity contribution in [3.8, 4) is 0 Å². The summed E-state index contributed by atoms with van der Waals surface area (Å²) in [6.45, 7) is 4.08. The van der Waals surface area contributed by atoms with Gasteiger partial charge in [-0.25, -0.2) is 4.98 Å². The van der Waals surface area contributed by atoms with Gasteiger partial charge in [-0.3, -0.25) is 4.79 Å². The molecule has 0 unspecified atom stereocenters. The maximum atomic E-state index is 12.3. The summed E-state index contributed by atoms with van der Waals surface area (Å²) in [4.78, 5) is 16.9. The van der Waals surface area contributed by atoms with E-state index in [0.29, 0.717) is 22.9 Å². The molecule has 3 aromatic carbocycles. The maximum Gasteiger partial charge on any atom is 0.255 e. The molecule has 140 valence electrons. The fourth-order valence-electron chi connectivity index (χ4n) is 3.18. The molecule has 0 saturated heterocycles. The monoisotopic (exact) mass is 390 g/mol. The third-order valence-electron chi connectivity index (χ3n) is 4.54. The highest BCUT2D eigenvalue weighted by molar-refractivity contribution is 6.30. The number of nitrogens with zero attached hydrogens (tertiary/aromatic N) is 1. The highest BCUT2D eigenvalue weighted by Gasteiger charge is 2.10. The Morgan fingerprint density at radius 2 is 1.75 bits per heavy atom. The van der Waals surface area contributed by atoms with E-state index in [1.54, 1.807) is 24.3 Å². The first kappa shape index (κ1) is 18.3. The Labute approximate surface area is 168 Å². The van der Waals surface area contributed by atoms with E-state index in [1.807, 2.05) is 37.3 Å². The van der Waals surface area contributed by atoms with Crippen molar-refractivity contribution in [2.45, 2.75) is 20.3 Å². The van der Waals surface area contributed by atoms with Crippen LogP contribution in [0, 0.1) is 13.8 Å². The van der Waals surface area contributed by atoms with Crippen LogP contribution in [-0.2, 0) is 6.42 Å². The van der Waals surface area contributed by atoms with Crippen LogP contribution in [0.5, 0.6) is 0 Å². The molecular weight excluding hydrogens is 372 g/mol. The number of oxazole rings is 1. The number of rotatable bonds is 4. The summed E-state index contributed by atoms with van der Waals surface area (Å²) in [7, 11) is 0. The van der Waals surface area contributed by atoms with E-state index in [9.17, 15) is 4.79 Å². The van der Waals surface area contributed by atoms with Gasteiger partial charge < -0.3 is 9.73 Å². The average molecular weight is 391 g/mol. The van der Waals surface area contributed by atoms with Gasteiger partial charge in [0.25, 0.3) is 5.91 Å². The summed E-state index contributed by atoms with van der Waals surface area (Å²) in [6, 6.07) is 18.6. The van der Waals surface area contributed by atoms with Crippen molar-refractivity contribution in [2.75, 3.05) is 5.32 Å². The van der Waals surface area contributed by atoms with Crippen LogP contribution in [0.15, 0.2) is 65.1 Å². The molecule has 4 nitrogen and oxygen atoms in total. The second-order valence-corrected chi connectivity index (χ2v) is 7.31. The third kappa shape index (κ3) is 3.92. The van der Waals surface area contributed by atoms with Crippen molar-refractivity contribution >= 4 is 34.3 Å². The average Bonchev–Trinajstić information content (AvgIpc) is 3.06. The number of fused-ring (bicyclic) bond motifs is 1. The first-order chi connectivity index (χ1) is 13.5. The summed E-state index contributed by atoms with van der Waals surface area (Å²) in [5.74, 6) is 0.510. The van der Waals surface area contributed by atoms with E-state index in [2.05, 4.69) is 23.3 Å². The molecule has 1 amide bonds. The predicted molar refractivity (Wildman–Crippen MR) is 112 cm³/mol. The topological polar surface area (TPSA) is 55.1 Å². The summed E-state index contributed by atoms with van der Waals surface area (Å²) in [5, 5.41) is 3.49. The highest BCUT2D eigenvalue weighted by Crippen LogP contribution is 2.23. The molecule has 0 bridgehead atoms.